The third-order valence-electron chi connectivity index (χ3n) is 5.21. The number of halogens is 3. The molecule has 0 aliphatic heterocycles. The molecule has 0 aliphatic carbocycles. The molecule has 0 aromatic heterocycles. The predicted octanol–water partition coefficient (Wildman–Crippen LogP) is 7.25. The predicted molar refractivity (Wildman–Crippen MR) is 144 cm³/mol. The van der Waals surface area contributed by atoms with Crippen molar-refractivity contribution in [2.75, 3.05) is 6.61 Å². The number of nitrogens with zero attached hydrogens (tertiary/aromatic N) is 1. The normalized spacial score (nSPS) is 11.1. The molecule has 0 saturated carbocycles. The van der Waals surface area contributed by atoms with Crippen LogP contribution in [0, 0.1) is 0 Å². The van der Waals surface area contributed by atoms with Gasteiger partial charge in [0.2, 0.25) is 0 Å². The smallest absolute Gasteiger partial charge is 0.275 e. The Hall–Kier alpha value is -3.45. The summed E-state index contributed by atoms with van der Waals surface area (Å²) in [5.41, 5.74) is 3.85. The summed E-state index contributed by atoms with van der Waals surface area (Å²) in [4.78, 5) is 12.6. The van der Waals surface area contributed by atoms with Crippen molar-refractivity contribution in [3.63, 3.8) is 0 Å². The Morgan fingerprint density at radius 3 is 2.44 bits per heavy atom. The van der Waals surface area contributed by atoms with Crippen LogP contribution in [0.4, 0.5) is 0 Å². The second-order valence-electron chi connectivity index (χ2n) is 7.70. The molecule has 4 rings (SSSR count). The zero-order valence-corrected chi connectivity index (χ0v) is 21.4. The van der Waals surface area contributed by atoms with Gasteiger partial charge in [-0.2, -0.15) is 5.10 Å². The first-order valence-electron chi connectivity index (χ1n) is 10.9. The van der Waals surface area contributed by atoms with Crippen LogP contribution in [0.5, 0.6) is 17.2 Å². The monoisotopic (exact) mass is 542 g/mol. The van der Waals surface area contributed by atoms with E-state index in [9.17, 15) is 9.90 Å². The number of phenols is 1. The standard InChI is InChI=1S/C27H21Cl3N2O4/c1-2-35-25-10-16(9-23(30)26(25)36-15-19-7-8-20(28)13-22(19)29)14-31-32-27(34)21-11-17-5-3-4-6-18(17)12-24(21)33/h3-14,33H,2,15H2,1H3,(H,32,34). The van der Waals surface area contributed by atoms with E-state index in [1.165, 1.54) is 12.3 Å². The number of aromatic hydroxyl groups is 1. The fraction of sp³-hybridized carbons (Fsp3) is 0.111. The Balaban J connectivity index is 1.49. The quantitative estimate of drug-likeness (QED) is 0.181. The molecule has 4 aromatic rings. The van der Waals surface area contributed by atoms with Gasteiger partial charge in [0.1, 0.15) is 12.4 Å². The van der Waals surface area contributed by atoms with Gasteiger partial charge in [0.15, 0.2) is 11.5 Å². The average molecular weight is 544 g/mol. The molecular formula is C27H21Cl3N2O4. The lowest BCUT2D eigenvalue weighted by Crippen LogP contribution is -2.17. The van der Waals surface area contributed by atoms with Crippen molar-refractivity contribution in [3.05, 3.63) is 98.5 Å². The molecule has 2 N–H and O–H groups in total. The molecule has 0 aliphatic rings. The van der Waals surface area contributed by atoms with E-state index in [2.05, 4.69) is 10.5 Å². The van der Waals surface area contributed by atoms with Gasteiger partial charge in [-0.15, -0.1) is 0 Å². The minimum absolute atomic E-state index is 0.114. The van der Waals surface area contributed by atoms with Gasteiger partial charge in [0.05, 0.1) is 23.4 Å². The molecular weight excluding hydrogens is 523 g/mol. The van der Waals surface area contributed by atoms with Crippen molar-refractivity contribution in [1.29, 1.82) is 0 Å². The molecule has 0 atom stereocenters. The van der Waals surface area contributed by atoms with Crippen molar-refractivity contribution >= 4 is 57.7 Å². The molecule has 4 aromatic carbocycles. The summed E-state index contributed by atoms with van der Waals surface area (Å²) in [6, 6.07) is 19.0. The number of hydrogen-bond donors (Lipinski definition) is 2. The van der Waals surface area contributed by atoms with Crippen LogP contribution in [0.25, 0.3) is 10.8 Å². The number of amides is 1. The van der Waals surface area contributed by atoms with Gasteiger partial charge >= 0.3 is 0 Å². The first kappa shape index (κ1) is 25.6. The number of hydrazone groups is 1. The molecule has 6 nitrogen and oxygen atoms in total. The average Bonchev–Trinajstić information content (AvgIpc) is 2.84. The van der Waals surface area contributed by atoms with E-state index in [1.54, 1.807) is 36.4 Å². The highest BCUT2D eigenvalue weighted by atomic mass is 35.5. The molecule has 0 saturated heterocycles. The fourth-order valence-corrected chi connectivity index (χ4v) is 4.23. The van der Waals surface area contributed by atoms with Crippen LogP contribution in [-0.2, 0) is 6.61 Å². The number of benzene rings is 4. The number of fused-ring (bicyclic) bond motifs is 1. The topological polar surface area (TPSA) is 80.2 Å². The van der Waals surface area contributed by atoms with Crippen LogP contribution in [0.15, 0.2) is 71.8 Å². The molecule has 0 spiro atoms. The van der Waals surface area contributed by atoms with Crippen molar-refractivity contribution in [2.24, 2.45) is 5.10 Å². The lowest BCUT2D eigenvalue weighted by atomic mass is 10.1. The molecule has 0 fully saturated rings. The molecule has 1 amide bonds. The van der Waals surface area contributed by atoms with Crippen LogP contribution in [-0.4, -0.2) is 23.8 Å². The minimum Gasteiger partial charge on any atom is -0.507 e. The largest absolute Gasteiger partial charge is 0.507 e. The van der Waals surface area contributed by atoms with E-state index in [1.807, 2.05) is 31.2 Å². The number of hydrogen-bond acceptors (Lipinski definition) is 5. The van der Waals surface area contributed by atoms with E-state index in [0.717, 1.165) is 16.3 Å². The molecule has 0 bridgehead atoms. The first-order valence-corrected chi connectivity index (χ1v) is 12.1. The van der Waals surface area contributed by atoms with E-state index >= 15 is 0 Å². The van der Waals surface area contributed by atoms with Gasteiger partial charge in [0, 0.05) is 15.6 Å². The molecule has 184 valence electrons. The maximum atomic E-state index is 12.6. The number of ether oxygens (including phenoxy) is 2. The molecule has 36 heavy (non-hydrogen) atoms. The Labute approximate surface area is 223 Å². The van der Waals surface area contributed by atoms with Crippen LogP contribution >= 0.6 is 34.8 Å². The lowest BCUT2D eigenvalue weighted by molar-refractivity contribution is 0.0952. The van der Waals surface area contributed by atoms with Crippen molar-refractivity contribution in [2.45, 2.75) is 13.5 Å². The Kier molecular flexibility index (Phi) is 8.21. The first-order chi connectivity index (χ1) is 17.4. The van der Waals surface area contributed by atoms with Crippen molar-refractivity contribution in [3.8, 4) is 17.2 Å². The Bertz CT molecular complexity index is 1460. The summed E-state index contributed by atoms with van der Waals surface area (Å²) >= 11 is 18.7. The van der Waals surface area contributed by atoms with Gasteiger partial charge in [-0.05, 0) is 59.7 Å². The highest BCUT2D eigenvalue weighted by molar-refractivity contribution is 6.35. The number of rotatable bonds is 8. The number of carbonyl (C=O) groups excluding carboxylic acids is 1. The summed E-state index contributed by atoms with van der Waals surface area (Å²) in [7, 11) is 0. The van der Waals surface area contributed by atoms with Gasteiger partial charge in [-0.3, -0.25) is 4.79 Å². The van der Waals surface area contributed by atoms with E-state index in [4.69, 9.17) is 44.3 Å². The highest BCUT2D eigenvalue weighted by Crippen LogP contribution is 2.37. The third kappa shape index (κ3) is 6.02. The van der Waals surface area contributed by atoms with Gasteiger partial charge < -0.3 is 14.6 Å². The van der Waals surface area contributed by atoms with Crippen molar-refractivity contribution in [1.82, 2.24) is 5.43 Å². The summed E-state index contributed by atoms with van der Waals surface area (Å²) < 4.78 is 11.6. The summed E-state index contributed by atoms with van der Waals surface area (Å²) in [6.07, 6.45) is 1.42. The van der Waals surface area contributed by atoms with Crippen LogP contribution in [0.3, 0.4) is 0 Å². The van der Waals surface area contributed by atoms with Crippen LogP contribution < -0.4 is 14.9 Å². The summed E-state index contributed by atoms with van der Waals surface area (Å²) in [5.74, 6) is 0.0811. The van der Waals surface area contributed by atoms with E-state index in [0.29, 0.717) is 38.7 Å². The van der Waals surface area contributed by atoms with E-state index in [-0.39, 0.29) is 17.9 Å². The second kappa shape index (κ2) is 11.5. The molecule has 0 unspecified atom stereocenters. The number of phenolic OH excluding ortho intramolecular Hbond substituents is 1. The van der Waals surface area contributed by atoms with E-state index < -0.39 is 5.91 Å². The Morgan fingerprint density at radius 1 is 0.972 bits per heavy atom. The van der Waals surface area contributed by atoms with Gasteiger partial charge in [-0.25, -0.2) is 5.43 Å². The molecule has 0 radical (unpaired) electrons. The summed E-state index contributed by atoms with van der Waals surface area (Å²) in [5, 5.41) is 17.2. The molecule has 9 heteroatoms. The maximum Gasteiger partial charge on any atom is 0.275 e. The van der Waals surface area contributed by atoms with Gasteiger partial charge in [0.25, 0.3) is 5.91 Å². The number of carbonyl (C=O) groups is 1. The molecule has 0 heterocycles. The lowest BCUT2D eigenvalue weighted by Gasteiger charge is -2.15. The number of nitrogens with one attached hydrogen (secondary N) is 1. The minimum atomic E-state index is -0.551. The Morgan fingerprint density at radius 2 is 1.72 bits per heavy atom. The third-order valence-corrected chi connectivity index (χ3v) is 6.07. The van der Waals surface area contributed by atoms with Crippen LogP contribution in [0.2, 0.25) is 15.1 Å². The summed E-state index contributed by atoms with van der Waals surface area (Å²) in [6.45, 7) is 2.38. The second-order valence-corrected chi connectivity index (χ2v) is 8.95. The maximum absolute atomic E-state index is 12.6. The SMILES string of the molecule is CCOc1cc(C=NNC(=O)c2cc3ccccc3cc2O)cc(Cl)c1OCc1ccc(Cl)cc1Cl. The van der Waals surface area contributed by atoms with Crippen molar-refractivity contribution < 1.29 is 19.4 Å². The highest BCUT2D eigenvalue weighted by Gasteiger charge is 2.15. The zero-order valence-electron chi connectivity index (χ0n) is 19.1. The zero-order chi connectivity index (χ0) is 25.7. The fourth-order valence-electron chi connectivity index (χ4n) is 3.49. The van der Waals surface area contributed by atoms with Gasteiger partial charge in [-0.1, -0.05) is 65.1 Å². The van der Waals surface area contributed by atoms with Crippen LogP contribution in [0.1, 0.15) is 28.4 Å².